The Morgan fingerprint density at radius 2 is 1.45 bits per heavy atom. The number of carbonyl (C=O) groups excluding carboxylic acids is 2. The Balaban J connectivity index is 1.93. The van der Waals surface area contributed by atoms with E-state index in [-0.39, 0.29) is 18.2 Å². The van der Waals surface area contributed by atoms with Crippen LogP contribution < -0.4 is 5.01 Å². The Labute approximate surface area is 173 Å². The van der Waals surface area contributed by atoms with E-state index >= 15 is 0 Å². The molecule has 3 aromatic rings. The Morgan fingerprint density at radius 1 is 0.862 bits per heavy atom. The van der Waals surface area contributed by atoms with Gasteiger partial charge < -0.3 is 0 Å². The van der Waals surface area contributed by atoms with Crippen molar-refractivity contribution in [2.24, 2.45) is 5.10 Å². The first kappa shape index (κ1) is 19.1. The smallest absolute Gasteiger partial charge is 0.248 e. The lowest BCUT2D eigenvalue weighted by Crippen LogP contribution is -2.29. The highest BCUT2D eigenvalue weighted by molar-refractivity contribution is 8.14. The van der Waals surface area contributed by atoms with Gasteiger partial charge in [0.1, 0.15) is 15.9 Å². The molecule has 4 rings (SSSR count). The fourth-order valence-corrected chi connectivity index (χ4v) is 4.13. The monoisotopic (exact) mass is 404 g/mol. The van der Waals surface area contributed by atoms with Crippen LogP contribution in [-0.4, -0.2) is 26.4 Å². The van der Waals surface area contributed by atoms with Gasteiger partial charge >= 0.3 is 0 Å². The molecule has 1 aromatic heterocycles. The fourth-order valence-electron chi connectivity index (χ4n) is 3.07. The van der Waals surface area contributed by atoms with E-state index in [0.717, 1.165) is 11.1 Å². The van der Waals surface area contributed by atoms with Crippen molar-refractivity contribution in [2.75, 3.05) is 5.01 Å². The molecular formula is C22H20N4O2S. The molecule has 0 N–H and O–H groups in total. The molecule has 1 aliphatic heterocycles. The van der Waals surface area contributed by atoms with Crippen LogP contribution in [0.15, 0.2) is 70.8 Å². The van der Waals surface area contributed by atoms with Crippen molar-refractivity contribution in [1.29, 1.82) is 0 Å². The summed E-state index contributed by atoms with van der Waals surface area (Å²) in [6.45, 7) is 3.60. The average Bonchev–Trinajstić information content (AvgIpc) is 3.18. The van der Waals surface area contributed by atoms with Gasteiger partial charge in [-0.05, 0) is 11.8 Å². The zero-order valence-corrected chi connectivity index (χ0v) is 17.0. The lowest BCUT2D eigenvalue weighted by Gasteiger charge is -2.22. The molecule has 7 heteroatoms. The van der Waals surface area contributed by atoms with Gasteiger partial charge in [-0.1, -0.05) is 74.5 Å². The summed E-state index contributed by atoms with van der Waals surface area (Å²) < 4.78 is 1.61. The Morgan fingerprint density at radius 3 is 2.03 bits per heavy atom. The van der Waals surface area contributed by atoms with Crippen LogP contribution in [0.3, 0.4) is 0 Å². The number of fused-ring (bicyclic) bond motifs is 1. The Bertz CT molecular complexity index is 1090. The van der Waals surface area contributed by atoms with E-state index < -0.39 is 0 Å². The first-order valence-electron chi connectivity index (χ1n) is 9.50. The maximum Gasteiger partial charge on any atom is 0.248 e. The number of amides is 1. The van der Waals surface area contributed by atoms with Crippen molar-refractivity contribution in [3.63, 3.8) is 0 Å². The Kier molecular flexibility index (Phi) is 5.31. The molecule has 0 aliphatic carbocycles. The molecule has 146 valence electrons. The second-order valence-electron chi connectivity index (χ2n) is 6.45. The number of hydrogen-bond acceptors (Lipinski definition) is 5. The van der Waals surface area contributed by atoms with Crippen LogP contribution in [0.1, 0.15) is 37.0 Å². The van der Waals surface area contributed by atoms with Crippen molar-refractivity contribution >= 4 is 34.4 Å². The summed E-state index contributed by atoms with van der Waals surface area (Å²) in [5, 5.41) is 7.18. The quantitative estimate of drug-likeness (QED) is 0.626. The van der Waals surface area contributed by atoms with Crippen LogP contribution >= 0.6 is 11.8 Å². The number of hydrogen-bond donors (Lipinski definition) is 0. The fraction of sp³-hybridized carbons (Fsp3) is 0.182. The molecule has 1 aliphatic rings. The number of thioether (sulfide) groups is 1. The first-order chi connectivity index (χ1) is 14.1. The molecule has 0 unspecified atom stereocenters. The number of benzene rings is 2. The second-order valence-corrected chi connectivity index (χ2v) is 7.42. The van der Waals surface area contributed by atoms with Gasteiger partial charge in [-0.3, -0.25) is 14.2 Å². The maximum absolute atomic E-state index is 12.9. The summed E-state index contributed by atoms with van der Waals surface area (Å²) in [6, 6.07) is 19.2. The third kappa shape index (κ3) is 3.49. The van der Waals surface area contributed by atoms with Crippen molar-refractivity contribution in [1.82, 2.24) is 9.55 Å². The number of carbonyl (C=O) groups is 2. The first-order valence-corrected chi connectivity index (χ1v) is 10.3. The van der Waals surface area contributed by atoms with Crippen molar-refractivity contribution in [3.8, 4) is 11.4 Å². The van der Waals surface area contributed by atoms with E-state index in [1.165, 1.54) is 16.8 Å². The molecule has 2 heterocycles. The zero-order valence-electron chi connectivity index (χ0n) is 16.2. The summed E-state index contributed by atoms with van der Waals surface area (Å²) in [5.74, 6) is 0.673. The van der Waals surface area contributed by atoms with Crippen molar-refractivity contribution < 1.29 is 9.59 Å². The molecule has 0 fully saturated rings. The minimum absolute atomic E-state index is 0.0803. The van der Waals surface area contributed by atoms with E-state index in [1.807, 2.05) is 67.6 Å². The summed E-state index contributed by atoms with van der Waals surface area (Å²) in [5.41, 5.74) is 1.70. The SMILES string of the molecule is CCC(=O)N1N=C(c2ccccc2)Sc2c1nc(-c1ccccc1)n2C(=O)CC. The van der Waals surface area contributed by atoms with E-state index in [9.17, 15) is 9.59 Å². The summed E-state index contributed by atoms with van der Waals surface area (Å²) in [7, 11) is 0. The molecule has 1 amide bonds. The van der Waals surface area contributed by atoms with E-state index in [0.29, 0.717) is 28.1 Å². The van der Waals surface area contributed by atoms with Gasteiger partial charge in [0.15, 0.2) is 5.82 Å². The molecule has 0 spiro atoms. The predicted octanol–water partition coefficient (Wildman–Crippen LogP) is 4.81. The normalized spacial score (nSPS) is 13.0. The number of anilines is 1. The molecule has 0 bridgehead atoms. The lowest BCUT2D eigenvalue weighted by molar-refractivity contribution is -0.118. The minimum Gasteiger partial charge on any atom is -0.274 e. The van der Waals surface area contributed by atoms with E-state index in [2.05, 4.69) is 10.1 Å². The van der Waals surface area contributed by atoms with Gasteiger partial charge in [-0.2, -0.15) is 10.1 Å². The van der Waals surface area contributed by atoms with Crippen LogP contribution in [0.25, 0.3) is 11.4 Å². The molecule has 29 heavy (non-hydrogen) atoms. The summed E-state index contributed by atoms with van der Waals surface area (Å²) in [6.07, 6.45) is 0.605. The minimum atomic E-state index is -0.173. The highest BCUT2D eigenvalue weighted by Crippen LogP contribution is 2.41. The van der Waals surface area contributed by atoms with Gasteiger partial charge in [0.2, 0.25) is 11.8 Å². The van der Waals surface area contributed by atoms with E-state index in [4.69, 9.17) is 0 Å². The summed E-state index contributed by atoms with van der Waals surface area (Å²) >= 11 is 1.36. The van der Waals surface area contributed by atoms with E-state index in [1.54, 1.807) is 11.5 Å². The van der Waals surface area contributed by atoms with Crippen molar-refractivity contribution in [2.45, 2.75) is 31.7 Å². The highest BCUT2D eigenvalue weighted by Gasteiger charge is 2.33. The molecular weight excluding hydrogens is 384 g/mol. The third-order valence-corrected chi connectivity index (χ3v) is 5.62. The molecule has 2 aromatic carbocycles. The molecule has 0 saturated heterocycles. The van der Waals surface area contributed by atoms with Gasteiger partial charge in [0, 0.05) is 24.0 Å². The van der Waals surface area contributed by atoms with Gasteiger partial charge in [-0.25, -0.2) is 4.98 Å². The predicted molar refractivity (Wildman–Crippen MR) is 115 cm³/mol. The molecule has 0 atom stereocenters. The number of nitrogens with zero attached hydrogens (tertiary/aromatic N) is 4. The van der Waals surface area contributed by atoms with Crippen LogP contribution in [0.5, 0.6) is 0 Å². The average molecular weight is 404 g/mol. The summed E-state index contributed by atoms with van der Waals surface area (Å²) in [4.78, 5) is 30.3. The number of hydrazone groups is 1. The zero-order chi connectivity index (χ0) is 20.4. The highest BCUT2D eigenvalue weighted by atomic mass is 32.2. The lowest BCUT2D eigenvalue weighted by atomic mass is 10.2. The van der Waals surface area contributed by atoms with Crippen LogP contribution in [0.4, 0.5) is 5.82 Å². The standard InChI is InChI=1S/C22H20N4O2S/c1-3-17(27)25-19(15-11-7-5-8-12-15)23-20-22(25)29-21(16-13-9-6-10-14-16)24-26(20)18(28)4-2/h5-14H,3-4H2,1-2H3. The number of imidazole rings is 1. The van der Waals surface area contributed by atoms with Crippen LogP contribution in [0.2, 0.25) is 0 Å². The topological polar surface area (TPSA) is 67.6 Å². The number of rotatable bonds is 4. The molecule has 6 nitrogen and oxygen atoms in total. The van der Waals surface area contributed by atoms with Gasteiger partial charge in [0.05, 0.1) is 0 Å². The molecule has 0 radical (unpaired) electrons. The van der Waals surface area contributed by atoms with Crippen LogP contribution in [-0.2, 0) is 4.79 Å². The van der Waals surface area contributed by atoms with Crippen LogP contribution in [0, 0.1) is 0 Å². The Hall–Kier alpha value is -3.19. The second kappa shape index (κ2) is 8.05. The maximum atomic E-state index is 12.9. The third-order valence-electron chi connectivity index (χ3n) is 4.55. The van der Waals surface area contributed by atoms with Gasteiger partial charge in [0.25, 0.3) is 0 Å². The van der Waals surface area contributed by atoms with Crippen molar-refractivity contribution in [3.05, 3.63) is 66.2 Å². The molecule has 0 saturated carbocycles. The number of aromatic nitrogens is 2. The largest absolute Gasteiger partial charge is 0.274 e. The van der Waals surface area contributed by atoms with Gasteiger partial charge in [-0.15, -0.1) is 0 Å².